The molecule has 4 rings (SSSR count). The number of fused-ring (bicyclic) bond motifs is 1. The van der Waals surface area contributed by atoms with Gasteiger partial charge in [0, 0.05) is 0 Å². The molecule has 0 unspecified atom stereocenters. The summed E-state index contributed by atoms with van der Waals surface area (Å²) in [6.45, 7) is 6.52. The molecule has 1 amide bonds. The van der Waals surface area contributed by atoms with Gasteiger partial charge >= 0.3 is 0 Å². The maximum absolute atomic E-state index is 13.3. The normalized spacial score (nSPS) is 11.1. The quantitative estimate of drug-likeness (QED) is 0.446. The van der Waals surface area contributed by atoms with E-state index < -0.39 is 0 Å². The molecule has 0 radical (unpaired) electrons. The van der Waals surface area contributed by atoms with Gasteiger partial charge in [-0.15, -0.1) is 0 Å². The first-order valence-electron chi connectivity index (χ1n) is 9.25. The molecule has 0 N–H and O–H groups in total. The zero-order valence-electron chi connectivity index (χ0n) is 16.2. The molecule has 2 heterocycles. The Hall–Kier alpha value is -2.92. The van der Waals surface area contributed by atoms with Crippen molar-refractivity contribution in [3.63, 3.8) is 0 Å². The van der Waals surface area contributed by atoms with Crippen LogP contribution in [0.3, 0.4) is 0 Å². The van der Waals surface area contributed by atoms with E-state index in [0.717, 1.165) is 32.7 Å². The molecule has 0 fully saturated rings. The Morgan fingerprint density at radius 1 is 1.07 bits per heavy atom. The third-order valence-corrected chi connectivity index (χ3v) is 5.85. The lowest BCUT2D eigenvalue weighted by Crippen LogP contribution is -2.31. The van der Waals surface area contributed by atoms with Gasteiger partial charge in [0.15, 0.2) is 5.13 Å². The predicted octanol–water partition coefficient (Wildman–Crippen LogP) is 5.59. The molecule has 0 saturated heterocycles. The molecule has 0 aliphatic carbocycles. The molecule has 2 aromatic carbocycles. The fourth-order valence-corrected chi connectivity index (χ4v) is 4.29. The second-order valence-electron chi connectivity index (χ2n) is 7.13. The van der Waals surface area contributed by atoms with Gasteiger partial charge in [0.25, 0.3) is 0 Å². The number of aryl methyl sites for hydroxylation is 3. The highest BCUT2D eigenvalue weighted by molar-refractivity contribution is 7.22. The van der Waals surface area contributed by atoms with Crippen molar-refractivity contribution in [2.45, 2.75) is 33.7 Å². The lowest BCUT2D eigenvalue weighted by molar-refractivity contribution is -0.118. The molecule has 5 heteroatoms. The first-order valence-corrected chi connectivity index (χ1v) is 10.1. The van der Waals surface area contributed by atoms with Crippen molar-refractivity contribution in [1.82, 2.24) is 4.98 Å². The van der Waals surface area contributed by atoms with Crippen LogP contribution in [0.1, 0.15) is 28.0 Å². The minimum absolute atomic E-state index is 0.0147. The second-order valence-corrected chi connectivity index (χ2v) is 8.14. The van der Waals surface area contributed by atoms with Crippen LogP contribution in [0.5, 0.6) is 0 Å². The van der Waals surface area contributed by atoms with Gasteiger partial charge in [-0.3, -0.25) is 9.69 Å². The summed E-state index contributed by atoms with van der Waals surface area (Å²) in [4.78, 5) is 19.8. The van der Waals surface area contributed by atoms with E-state index in [4.69, 9.17) is 9.40 Å². The van der Waals surface area contributed by atoms with Crippen molar-refractivity contribution in [3.05, 3.63) is 82.8 Å². The number of nitrogens with zero attached hydrogens (tertiary/aromatic N) is 2. The summed E-state index contributed by atoms with van der Waals surface area (Å²) in [6, 6.07) is 16.1. The van der Waals surface area contributed by atoms with E-state index in [-0.39, 0.29) is 5.91 Å². The van der Waals surface area contributed by atoms with Crippen LogP contribution in [0.4, 0.5) is 5.13 Å². The number of carbonyl (C=O) groups is 1. The molecule has 4 aromatic rings. The zero-order chi connectivity index (χ0) is 19.7. The molecular formula is C23H22N2O2S. The summed E-state index contributed by atoms with van der Waals surface area (Å²) in [5, 5.41) is 0.701. The largest absolute Gasteiger partial charge is 0.467 e. The first-order chi connectivity index (χ1) is 13.5. The van der Waals surface area contributed by atoms with E-state index in [2.05, 4.69) is 31.2 Å². The molecule has 0 saturated carbocycles. The third kappa shape index (κ3) is 3.85. The number of thiazole rings is 1. The highest BCUT2D eigenvalue weighted by atomic mass is 32.1. The standard InChI is InChI=1S/C23H22N2O2S/c1-15-6-8-17(3)18(11-15)13-22(26)25(14-19-5-4-10-27-19)23-24-20-9-7-16(2)12-21(20)28-23/h4-12H,13-14H2,1-3H3. The van der Waals surface area contributed by atoms with E-state index in [9.17, 15) is 4.79 Å². The third-order valence-electron chi connectivity index (χ3n) is 4.80. The van der Waals surface area contributed by atoms with Crippen LogP contribution in [0, 0.1) is 20.8 Å². The van der Waals surface area contributed by atoms with Crippen molar-refractivity contribution < 1.29 is 9.21 Å². The Morgan fingerprint density at radius 2 is 1.86 bits per heavy atom. The molecule has 28 heavy (non-hydrogen) atoms. The number of carbonyl (C=O) groups excluding carboxylic acids is 1. The Balaban J connectivity index is 1.69. The van der Waals surface area contributed by atoms with Crippen LogP contribution in [-0.2, 0) is 17.8 Å². The fraction of sp³-hybridized carbons (Fsp3) is 0.217. The number of aromatic nitrogens is 1. The number of hydrogen-bond acceptors (Lipinski definition) is 4. The van der Waals surface area contributed by atoms with Gasteiger partial charge in [-0.05, 0) is 61.7 Å². The van der Waals surface area contributed by atoms with Crippen LogP contribution in [0.25, 0.3) is 10.2 Å². The van der Waals surface area contributed by atoms with Crippen molar-refractivity contribution in [1.29, 1.82) is 0 Å². The highest BCUT2D eigenvalue weighted by Gasteiger charge is 2.22. The van der Waals surface area contributed by atoms with Crippen molar-refractivity contribution in [3.8, 4) is 0 Å². The van der Waals surface area contributed by atoms with E-state index in [1.165, 1.54) is 16.9 Å². The molecule has 4 nitrogen and oxygen atoms in total. The maximum atomic E-state index is 13.3. The van der Waals surface area contributed by atoms with Crippen LogP contribution >= 0.6 is 11.3 Å². The Morgan fingerprint density at radius 3 is 2.64 bits per heavy atom. The summed E-state index contributed by atoms with van der Waals surface area (Å²) in [6.07, 6.45) is 1.97. The van der Waals surface area contributed by atoms with Crippen molar-refractivity contribution in [2.75, 3.05) is 4.90 Å². The number of furan rings is 1. The molecule has 0 aliphatic heterocycles. The van der Waals surface area contributed by atoms with Gasteiger partial charge in [-0.2, -0.15) is 0 Å². The summed E-state index contributed by atoms with van der Waals surface area (Å²) in [5.41, 5.74) is 5.42. The Bertz CT molecular complexity index is 1130. The average Bonchev–Trinajstić information content (AvgIpc) is 3.31. The fourth-order valence-electron chi connectivity index (χ4n) is 3.21. The van der Waals surface area contributed by atoms with E-state index in [1.54, 1.807) is 11.2 Å². The van der Waals surface area contributed by atoms with Crippen molar-refractivity contribution >= 4 is 32.6 Å². The summed E-state index contributed by atoms with van der Waals surface area (Å²) >= 11 is 1.54. The molecule has 2 aromatic heterocycles. The maximum Gasteiger partial charge on any atom is 0.233 e. The Labute approximate surface area is 168 Å². The average molecular weight is 391 g/mol. The zero-order valence-corrected chi connectivity index (χ0v) is 17.0. The SMILES string of the molecule is Cc1ccc(C)c(CC(=O)N(Cc2ccco2)c2nc3ccc(C)cc3s2)c1. The predicted molar refractivity (Wildman–Crippen MR) is 114 cm³/mol. The number of hydrogen-bond donors (Lipinski definition) is 0. The van der Waals surface area contributed by atoms with Crippen molar-refractivity contribution in [2.24, 2.45) is 0 Å². The lowest BCUT2D eigenvalue weighted by Gasteiger charge is -2.19. The molecule has 0 spiro atoms. The van der Waals surface area contributed by atoms with E-state index in [0.29, 0.717) is 18.1 Å². The number of rotatable bonds is 5. The van der Waals surface area contributed by atoms with E-state index in [1.807, 2.05) is 38.1 Å². The number of anilines is 1. The van der Waals surface area contributed by atoms with Gasteiger partial charge in [-0.25, -0.2) is 4.98 Å². The van der Waals surface area contributed by atoms with Gasteiger partial charge in [0.1, 0.15) is 5.76 Å². The second kappa shape index (κ2) is 7.60. The minimum atomic E-state index is 0.0147. The van der Waals surface area contributed by atoms with Crippen LogP contribution in [-0.4, -0.2) is 10.9 Å². The van der Waals surface area contributed by atoms with Gasteiger partial charge in [0.05, 0.1) is 29.4 Å². The van der Waals surface area contributed by atoms with Crippen LogP contribution in [0.15, 0.2) is 59.2 Å². The molecule has 0 bridgehead atoms. The number of amides is 1. The molecule has 142 valence electrons. The van der Waals surface area contributed by atoms with Crippen LogP contribution in [0.2, 0.25) is 0 Å². The summed E-state index contributed by atoms with van der Waals surface area (Å²) < 4.78 is 6.59. The minimum Gasteiger partial charge on any atom is -0.467 e. The van der Waals surface area contributed by atoms with E-state index >= 15 is 0 Å². The molecule has 0 aliphatic rings. The van der Waals surface area contributed by atoms with Crippen LogP contribution < -0.4 is 4.90 Å². The summed E-state index contributed by atoms with van der Waals surface area (Å²) in [5.74, 6) is 0.755. The molecular weight excluding hydrogens is 368 g/mol. The highest BCUT2D eigenvalue weighted by Crippen LogP contribution is 2.31. The smallest absolute Gasteiger partial charge is 0.233 e. The van der Waals surface area contributed by atoms with Gasteiger partial charge < -0.3 is 4.42 Å². The lowest BCUT2D eigenvalue weighted by atomic mass is 10.0. The van der Waals surface area contributed by atoms with Gasteiger partial charge in [0.2, 0.25) is 5.91 Å². The summed E-state index contributed by atoms with van der Waals surface area (Å²) in [7, 11) is 0. The first kappa shape index (κ1) is 18.4. The Kier molecular flexibility index (Phi) is 5.01. The molecule has 0 atom stereocenters. The number of benzene rings is 2. The van der Waals surface area contributed by atoms with Gasteiger partial charge in [-0.1, -0.05) is 41.2 Å². The topological polar surface area (TPSA) is 46.3 Å². The monoisotopic (exact) mass is 390 g/mol.